The minimum Gasteiger partial charge on any atom is -0.339 e. The third-order valence-electron chi connectivity index (χ3n) is 3.65. The van der Waals surface area contributed by atoms with E-state index >= 15 is 0 Å². The summed E-state index contributed by atoms with van der Waals surface area (Å²) in [6.07, 6.45) is -3.83. The lowest BCUT2D eigenvalue weighted by Crippen LogP contribution is -2.26. The molecule has 0 aliphatic carbocycles. The Balaban J connectivity index is 2.17. The van der Waals surface area contributed by atoms with Gasteiger partial charge in [-0.15, -0.1) is 11.6 Å². The molecule has 0 N–H and O–H groups in total. The highest BCUT2D eigenvalue weighted by Gasteiger charge is 2.34. The molecule has 2 aromatic rings. The molecule has 2 nitrogen and oxygen atoms in total. The van der Waals surface area contributed by atoms with E-state index in [1.165, 1.54) is 6.07 Å². The number of nitrogens with zero attached hydrogens (tertiary/aromatic N) is 1. The summed E-state index contributed by atoms with van der Waals surface area (Å²) >= 11 is 5.74. The lowest BCUT2D eigenvalue weighted by Gasteiger charge is -2.33. The fourth-order valence-electron chi connectivity index (χ4n) is 2.61. The average Bonchev–Trinajstić information content (AvgIpc) is 2.53. The van der Waals surface area contributed by atoms with Crippen molar-refractivity contribution in [2.24, 2.45) is 0 Å². The monoisotopic (exact) mass is 359 g/mol. The molecule has 0 amide bonds. The summed E-state index contributed by atoms with van der Waals surface area (Å²) in [5.41, 5.74) is 0.258. The summed E-state index contributed by atoms with van der Waals surface area (Å²) in [5, 5.41) is 0. The Morgan fingerprint density at radius 3 is 2.43 bits per heavy atom. The molecule has 1 atom stereocenters. The molecule has 1 aliphatic heterocycles. The van der Waals surface area contributed by atoms with Gasteiger partial charge in [0.25, 0.3) is 0 Å². The second kappa shape index (κ2) is 6.17. The van der Waals surface area contributed by atoms with Crippen LogP contribution in [-0.2, 0) is 17.0 Å². The summed E-state index contributed by atoms with van der Waals surface area (Å²) < 4.78 is 51.7. The Labute approximate surface area is 139 Å². The predicted molar refractivity (Wildman–Crippen MR) is 84.9 cm³/mol. The van der Waals surface area contributed by atoms with Gasteiger partial charge < -0.3 is 4.90 Å². The zero-order valence-corrected chi connectivity index (χ0v) is 13.5. The summed E-state index contributed by atoms with van der Waals surface area (Å²) in [6.45, 7) is 0.464. The zero-order valence-electron chi connectivity index (χ0n) is 11.9. The molecule has 0 aromatic heterocycles. The van der Waals surface area contributed by atoms with E-state index in [0.717, 1.165) is 12.1 Å². The van der Waals surface area contributed by atoms with Crippen LogP contribution in [0.4, 0.5) is 24.5 Å². The van der Waals surface area contributed by atoms with Crippen molar-refractivity contribution < 1.29 is 17.4 Å². The van der Waals surface area contributed by atoms with Crippen LogP contribution in [0.1, 0.15) is 12.0 Å². The maximum Gasteiger partial charge on any atom is 0.416 e. The molecule has 0 saturated carbocycles. The zero-order chi connectivity index (χ0) is 16.6. The minimum atomic E-state index is -4.44. The highest BCUT2D eigenvalue weighted by atomic mass is 35.5. The van der Waals surface area contributed by atoms with Crippen molar-refractivity contribution in [2.45, 2.75) is 22.4 Å². The van der Waals surface area contributed by atoms with Crippen molar-refractivity contribution >= 4 is 33.8 Å². The Morgan fingerprint density at radius 1 is 1.04 bits per heavy atom. The van der Waals surface area contributed by atoms with Gasteiger partial charge in [0.05, 0.1) is 37.5 Å². The molecule has 0 radical (unpaired) electrons. The lowest BCUT2D eigenvalue weighted by atomic mass is 10.1. The molecule has 0 bridgehead atoms. The molecule has 0 spiro atoms. The molecule has 122 valence electrons. The fourth-order valence-corrected chi connectivity index (χ4v) is 4.08. The van der Waals surface area contributed by atoms with Crippen molar-refractivity contribution in [1.29, 1.82) is 0 Å². The third-order valence-corrected chi connectivity index (χ3v) is 5.40. The van der Waals surface area contributed by atoms with Crippen LogP contribution in [-0.4, -0.2) is 16.6 Å². The highest BCUT2D eigenvalue weighted by Crippen LogP contribution is 2.44. The van der Waals surface area contributed by atoms with Crippen LogP contribution >= 0.6 is 11.6 Å². The van der Waals surface area contributed by atoms with Gasteiger partial charge >= 0.3 is 6.18 Å². The first-order valence-electron chi connectivity index (χ1n) is 6.99. The standard InChI is InChI=1S/C16H13ClF3NOS/c17-8-3-9-21-12-4-1-2-5-14(12)23(22)15-7-6-11(10-13(15)21)16(18,19)20/h1-2,4-7,10H,3,8-9H2. The van der Waals surface area contributed by atoms with Gasteiger partial charge in [-0.3, -0.25) is 0 Å². The van der Waals surface area contributed by atoms with Gasteiger partial charge in [-0.2, -0.15) is 13.2 Å². The number of alkyl halides is 4. The van der Waals surface area contributed by atoms with Gasteiger partial charge in [0, 0.05) is 12.4 Å². The molecule has 2 aromatic carbocycles. The maximum atomic E-state index is 13.0. The SMILES string of the molecule is O=S1c2ccccc2N(CCCCl)c2cc(C(F)(F)F)ccc21. The van der Waals surface area contributed by atoms with Crippen molar-refractivity contribution in [3.8, 4) is 0 Å². The number of anilines is 2. The Kier molecular flexibility index (Phi) is 4.38. The fraction of sp³-hybridized carbons (Fsp3) is 0.250. The van der Waals surface area contributed by atoms with Gasteiger partial charge in [0.1, 0.15) is 0 Å². The van der Waals surface area contributed by atoms with Gasteiger partial charge in [-0.25, -0.2) is 4.21 Å². The number of halogens is 4. The second-order valence-corrected chi connectivity index (χ2v) is 6.91. The molecule has 3 rings (SSSR count). The number of rotatable bonds is 3. The van der Waals surface area contributed by atoms with Crippen LogP contribution in [0, 0.1) is 0 Å². The van der Waals surface area contributed by atoms with Crippen LogP contribution in [0.15, 0.2) is 52.3 Å². The van der Waals surface area contributed by atoms with Gasteiger partial charge in [-0.05, 0) is 36.8 Å². The first-order chi connectivity index (χ1) is 10.9. The van der Waals surface area contributed by atoms with E-state index in [1.54, 1.807) is 29.2 Å². The van der Waals surface area contributed by atoms with E-state index in [2.05, 4.69) is 0 Å². The van der Waals surface area contributed by atoms with E-state index in [-0.39, 0.29) is 0 Å². The lowest BCUT2D eigenvalue weighted by molar-refractivity contribution is -0.137. The predicted octanol–water partition coefficient (Wildman–Crippen LogP) is 4.95. The summed E-state index contributed by atoms with van der Waals surface area (Å²) in [6, 6.07) is 10.4. The molecule has 1 aliphatic rings. The highest BCUT2D eigenvalue weighted by molar-refractivity contribution is 7.85. The molecule has 0 fully saturated rings. The third kappa shape index (κ3) is 2.97. The normalized spacial score (nSPS) is 16.9. The van der Waals surface area contributed by atoms with Crippen LogP contribution < -0.4 is 4.90 Å². The average molecular weight is 360 g/mol. The van der Waals surface area contributed by atoms with E-state index < -0.39 is 22.5 Å². The van der Waals surface area contributed by atoms with E-state index in [4.69, 9.17) is 11.6 Å². The Morgan fingerprint density at radius 2 is 1.74 bits per heavy atom. The van der Waals surface area contributed by atoms with E-state index in [0.29, 0.717) is 40.0 Å². The number of hydrogen-bond donors (Lipinski definition) is 0. The maximum absolute atomic E-state index is 13.0. The smallest absolute Gasteiger partial charge is 0.339 e. The summed E-state index contributed by atoms with van der Waals surface area (Å²) in [4.78, 5) is 2.77. The second-order valence-electron chi connectivity index (χ2n) is 5.11. The minimum absolute atomic E-state index is 0.335. The number of hydrogen-bond acceptors (Lipinski definition) is 2. The molecular formula is C16H13ClF3NOS. The molecule has 1 unspecified atom stereocenters. The van der Waals surface area contributed by atoms with Gasteiger partial charge in [-0.1, -0.05) is 12.1 Å². The van der Waals surface area contributed by atoms with Crippen molar-refractivity contribution in [3.63, 3.8) is 0 Å². The first kappa shape index (κ1) is 16.3. The van der Waals surface area contributed by atoms with Crippen molar-refractivity contribution in [2.75, 3.05) is 17.3 Å². The van der Waals surface area contributed by atoms with Crippen LogP contribution in [0.5, 0.6) is 0 Å². The number of fused-ring (bicyclic) bond motifs is 2. The summed E-state index contributed by atoms with van der Waals surface area (Å²) in [5.74, 6) is 0.399. The molecule has 7 heteroatoms. The largest absolute Gasteiger partial charge is 0.416 e. The van der Waals surface area contributed by atoms with Crippen molar-refractivity contribution in [1.82, 2.24) is 0 Å². The Hall–Kier alpha value is -1.53. The van der Waals surface area contributed by atoms with Crippen LogP contribution in [0.3, 0.4) is 0 Å². The van der Waals surface area contributed by atoms with Gasteiger partial charge in [0.15, 0.2) is 0 Å². The van der Waals surface area contributed by atoms with Crippen molar-refractivity contribution in [3.05, 3.63) is 48.0 Å². The Bertz CT molecular complexity index is 763. The molecule has 23 heavy (non-hydrogen) atoms. The molecule has 1 heterocycles. The van der Waals surface area contributed by atoms with Crippen LogP contribution in [0.25, 0.3) is 0 Å². The topological polar surface area (TPSA) is 20.3 Å². The first-order valence-corrected chi connectivity index (χ1v) is 8.67. The van der Waals surface area contributed by atoms with E-state index in [9.17, 15) is 17.4 Å². The molecule has 0 saturated heterocycles. The molecular weight excluding hydrogens is 347 g/mol. The number of para-hydroxylation sites is 1. The number of benzene rings is 2. The quantitative estimate of drug-likeness (QED) is 0.722. The summed E-state index contributed by atoms with van der Waals surface area (Å²) in [7, 11) is -1.49. The van der Waals surface area contributed by atoms with Gasteiger partial charge in [0.2, 0.25) is 0 Å². The van der Waals surface area contributed by atoms with Crippen LogP contribution in [0.2, 0.25) is 0 Å². The van der Waals surface area contributed by atoms with E-state index in [1.807, 2.05) is 0 Å².